The van der Waals surface area contributed by atoms with Gasteiger partial charge in [0.25, 0.3) is 0 Å². The highest BCUT2D eigenvalue weighted by Crippen LogP contribution is 2.26. The molecule has 8 heteroatoms. The Hall–Kier alpha value is -2.94. The zero-order valence-electron chi connectivity index (χ0n) is 21.2. The molecule has 2 rings (SSSR count). The predicted molar refractivity (Wildman–Crippen MR) is 136 cm³/mol. The second-order valence-corrected chi connectivity index (χ2v) is 9.59. The molecular formula is C27H39N3O5. The van der Waals surface area contributed by atoms with E-state index in [1.165, 1.54) is 0 Å². The lowest BCUT2D eigenvalue weighted by atomic mass is 9.81. The number of rotatable bonds is 16. The van der Waals surface area contributed by atoms with E-state index < -0.39 is 12.0 Å². The van der Waals surface area contributed by atoms with E-state index in [9.17, 15) is 14.7 Å². The van der Waals surface area contributed by atoms with E-state index in [1.807, 2.05) is 54.6 Å². The molecule has 8 nitrogen and oxygen atoms in total. The molecule has 3 N–H and O–H groups in total. The van der Waals surface area contributed by atoms with E-state index in [0.717, 1.165) is 29.0 Å². The number of aliphatic carboxylic acids is 1. The van der Waals surface area contributed by atoms with Crippen molar-refractivity contribution in [2.24, 2.45) is 11.1 Å². The van der Waals surface area contributed by atoms with Crippen molar-refractivity contribution in [3.8, 4) is 5.75 Å². The second kappa shape index (κ2) is 13.8. The third-order valence-electron chi connectivity index (χ3n) is 6.21. The van der Waals surface area contributed by atoms with E-state index in [4.69, 9.17) is 15.3 Å². The number of nitrogens with zero attached hydrogens (tertiary/aromatic N) is 2. The Morgan fingerprint density at radius 2 is 1.74 bits per heavy atom. The molecule has 0 aromatic heterocycles. The number of carboxylic acid groups (broad SMARTS) is 1. The third-order valence-corrected chi connectivity index (χ3v) is 6.21. The fraction of sp³-hybridized carbons (Fsp3) is 0.481. The van der Waals surface area contributed by atoms with Crippen molar-refractivity contribution in [2.75, 3.05) is 27.2 Å². The quantitative estimate of drug-likeness (QED) is 0.213. The lowest BCUT2D eigenvalue weighted by Gasteiger charge is -2.38. The predicted octanol–water partition coefficient (Wildman–Crippen LogP) is 3.35. The number of hydrogen-bond donors (Lipinski definition) is 2. The van der Waals surface area contributed by atoms with Gasteiger partial charge in [-0.2, -0.15) is 0 Å². The minimum atomic E-state index is -1.14. The van der Waals surface area contributed by atoms with Gasteiger partial charge in [0.2, 0.25) is 6.41 Å². The van der Waals surface area contributed by atoms with Crippen LogP contribution in [0.5, 0.6) is 5.75 Å². The number of ether oxygens (including phenoxy) is 1. The lowest BCUT2D eigenvalue weighted by Crippen LogP contribution is -2.45. The first-order valence-corrected chi connectivity index (χ1v) is 11.9. The summed E-state index contributed by atoms with van der Waals surface area (Å²) in [6.45, 7) is 5.66. The molecule has 0 fully saturated rings. The van der Waals surface area contributed by atoms with Crippen molar-refractivity contribution in [3.05, 3.63) is 65.7 Å². The molecule has 1 amide bonds. The van der Waals surface area contributed by atoms with Crippen LogP contribution in [0, 0.1) is 5.41 Å². The van der Waals surface area contributed by atoms with E-state index in [2.05, 4.69) is 32.8 Å². The van der Waals surface area contributed by atoms with Gasteiger partial charge in [0.15, 0.2) is 6.04 Å². The molecule has 0 radical (unpaired) electrons. The minimum Gasteiger partial charge on any atom is -0.494 e. The maximum Gasteiger partial charge on any atom is 0.329 e. The molecule has 2 aromatic rings. The summed E-state index contributed by atoms with van der Waals surface area (Å²) in [6, 6.07) is 15.7. The fourth-order valence-corrected chi connectivity index (χ4v) is 4.10. The van der Waals surface area contributed by atoms with Crippen molar-refractivity contribution < 1.29 is 24.3 Å². The Labute approximate surface area is 208 Å². The molecule has 35 heavy (non-hydrogen) atoms. The number of amides is 1. The van der Waals surface area contributed by atoms with E-state index >= 15 is 0 Å². The largest absolute Gasteiger partial charge is 0.494 e. The standard InChI is InChI=1S/C27H39N3O5/c1-27(2,19-28)25(29(3)4)11-8-16-34-23-14-12-21(13-15-23)17-24(26(32)33)30(20-31)35-18-22-9-6-5-7-10-22/h5-7,9-10,12-15,20,24-25H,8,11,16-19,28H2,1-4H3,(H,32,33). The van der Waals surface area contributed by atoms with Gasteiger partial charge >= 0.3 is 5.97 Å². The summed E-state index contributed by atoms with van der Waals surface area (Å²) in [6.07, 6.45) is 2.39. The molecule has 0 aliphatic rings. The van der Waals surface area contributed by atoms with E-state index in [1.54, 1.807) is 0 Å². The number of nitrogens with two attached hydrogens (primary N) is 1. The van der Waals surface area contributed by atoms with Gasteiger partial charge in [-0.25, -0.2) is 9.86 Å². The third kappa shape index (κ3) is 8.98. The molecule has 192 valence electrons. The molecule has 0 saturated heterocycles. The number of hydroxylamine groups is 2. The van der Waals surface area contributed by atoms with Crippen LogP contribution >= 0.6 is 0 Å². The molecule has 2 unspecified atom stereocenters. The summed E-state index contributed by atoms with van der Waals surface area (Å²) in [5.74, 6) is -0.422. The Bertz CT molecular complexity index is 903. The molecule has 0 spiro atoms. The SMILES string of the molecule is CN(C)C(CCCOc1ccc(CC(C(=O)O)N(C=O)OCc2ccccc2)cc1)C(C)(C)CN. The van der Waals surface area contributed by atoms with Gasteiger partial charge in [-0.1, -0.05) is 56.3 Å². The van der Waals surface area contributed by atoms with Crippen LogP contribution < -0.4 is 10.5 Å². The van der Waals surface area contributed by atoms with E-state index in [0.29, 0.717) is 31.4 Å². The number of hydrogen-bond acceptors (Lipinski definition) is 6. The molecule has 0 bridgehead atoms. The molecule has 0 heterocycles. The average molecular weight is 486 g/mol. The van der Waals surface area contributed by atoms with Crippen LogP contribution in [0.25, 0.3) is 0 Å². The highest BCUT2D eigenvalue weighted by atomic mass is 16.7. The fourth-order valence-electron chi connectivity index (χ4n) is 4.10. The van der Waals surface area contributed by atoms with Crippen LogP contribution in [0.4, 0.5) is 0 Å². The van der Waals surface area contributed by atoms with Gasteiger partial charge in [0.1, 0.15) is 12.4 Å². The minimum absolute atomic E-state index is 0.0199. The topological polar surface area (TPSA) is 105 Å². The summed E-state index contributed by atoms with van der Waals surface area (Å²) in [7, 11) is 4.15. The smallest absolute Gasteiger partial charge is 0.329 e. The number of carboxylic acids is 1. The lowest BCUT2D eigenvalue weighted by molar-refractivity contribution is -0.200. The Morgan fingerprint density at radius 3 is 2.29 bits per heavy atom. The zero-order chi connectivity index (χ0) is 25.8. The average Bonchev–Trinajstić information content (AvgIpc) is 2.84. The van der Waals surface area contributed by atoms with Gasteiger partial charge in [0.05, 0.1) is 6.61 Å². The summed E-state index contributed by atoms with van der Waals surface area (Å²) in [5.41, 5.74) is 7.58. The first-order valence-electron chi connectivity index (χ1n) is 11.9. The van der Waals surface area contributed by atoms with Crippen molar-refractivity contribution in [2.45, 2.75) is 51.8 Å². The zero-order valence-corrected chi connectivity index (χ0v) is 21.2. The number of carbonyl (C=O) groups is 2. The number of carbonyl (C=O) groups excluding carboxylic acids is 1. The van der Waals surface area contributed by atoms with Crippen LogP contribution in [0.1, 0.15) is 37.8 Å². The van der Waals surface area contributed by atoms with Gasteiger partial charge in [-0.3, -0.25) is 9.63 Å². The molecule has 0 aliphatic heterocycles. The summed E-state index contributed by atoms with van der Waals surface area (Å²) >= 11 is 0. The Kier molecular flexibility index (Phi) is 11.2. The maximum atomic E-state index is 11.8. The summed E-state index contributed by atoms with van der Waals surface area (Å²) in [4.78, 5) is 31.1. The normalized spacial score (nSPS) is 13.3. The molecule has 0 aliphatic carbocycles. The van der Waals surface area contributed by atoms with Crippen molar-refractivity contribution in [1.29, 1.82) is 0 Å². The van der Waals surface area contributed by atoms with E-state index in [-0.39, 0.29) is 18.4 Å². The highest BCUT2D eigenvalue weighted by molar-refractivity contribution is 5.76. The first-order chi connectivity index (χ1) is 16.7. The number of benzene rings is 2. The van der Waals surface area contributed by atoms with Crippen LogP contribution in [0.3, 0.4) is 0 Å². The van der Waals surface area contributed by atoms with Gasteiger partial charge in [-0.15, -0.1) is 0 Å². The van der Waals surface area contributed by atoms with Crippen LogP contribution in [-0.2, 0) is 27.5 Å². The van der Waals surface area contributed by atoms with Gasteiger partial charge < -0.3 is 20.5 Å². The first kappa shape index (κ1) is 28.3. The molecule has 2 aromatic carbocycles. The summed E-state index contributed by atoms with van der Waals surface area (Å²) in [5, 5.41) is 10.5. The maximum absolute atomic E-state index is 11.8. The van der Waals surface area contributed by atoms with Crippen LogP contribution in [0.2, 0.25) is 0 Å². The van der Waals surface area contributed by atoms with Crippen LogP contribution in [-0.4, -0.2) is 66.8 Å². The van der Waals surface area contributed by atoms with Crippen LogP contribution in [0.15, 0.2) is 54.6 Å². The Balaban J connectivity index is 1.89. The molecule has 2 atom stereocenters. The molecular weight excluding hydrogens is 446 g/mol. The Morgan fingerprint density at radius 1 is 1.09 bits per heavy atom. The highest BCUT2D eigenvalue weighted by Gasteiger charge is 2.29. The van der Waals surface area contributed by atoms with Crippen molar-refractivity contribution in [1.82, 2.24) is 9.96 Å². The summed E-state index contributed by atoms with van der Waals surface area (Å²) < 4.78 is 5.89. The monoisotopic (exact) mass is 485 g/mol. The van der Waals surface area contributed by atoms with Gasteiger partial charge in [0, 0.05) is 12.5 Å². The van der Waals surface area contributed by atoms with Gasteiger partial charge in [-0.05, 0) is 62.2 Å². The second-order valence-electron chi connectivity index (χ2n) is 9.59. The molecule has 0 saturated carbocycles. The van der Waals surface area contributed by atoms with Crippen molar-refractivity contribution in [3.63, 3.8) is 0 Å². The van der Waals surface area contributed by atoms with Crippen molar-refractivity contribution >= 4 is 12.4 Å².